The van der Waals surface area contributed by atoms with Crippen molar-refractivity contribution in [2.75, 3.05) is 18.8 Å². The second-order valence-electron chi connectivity index (χ2n) is 7.80. The third-order valence-electron chi connectivity index (χ3n) is 5.87. The van der Waals surface area contributed by atoms with Crippen LogP contribution in [0.5, 0.6) is 17.2 Å². The van der Waals surface area contributed by atoms with E-state index in [1.54, 1.807) is 55.6 Å². The fourth-order valence-corrected chi connectivity index (χ4v) is 4.24. The van der Waals surface area contributed by atoms with E-state index in [0.717, 1.165) is 5.56 Å². The van der Waals surface area contributed by atoms with Crippen LogP contribution in [0.2, 0.25) is 0 Å². The van der Waals surface area contributed by atoms with Crippen LogP contribution in [0.3, 0.4) is 0 Å². The van der Waals surface area contributed by atoms with E-state index in [0.29, 0.717) is 34.1 Å². The predicted octanol–water partition coefficient (Wildman–Crippen LogP) is 4.36. The average molecular weight is 443 g/mol. The number of ether oxygens (including phenoxy) is 3. The van der Waals surface area contributed by atoms with Gasteiger partial charge >= 0.3 is 0 Å². The highest BCUT2D eigenvalue weighted by atomic mass is 16.7. The van der Waals surface area contributed by atoms with Crippen molar-refractivity contribution in [1.29, 1.82) is 0 Å². The number of amides is 1. The van der Waals surface area contributed by atoms with Gasteiger partial charge < -0.3 is 19.3 Å². The summed E-state index contributed by atoms with van der Waals surface area (Å²) in [5.74, 6) is -0.163. The Morgan fingerprint density at radius 2 is 1.79 bits per heavy atom. The Kier molecular flexibility index (Phi) is 5.01. The van der Waals surface area contributed by atoms with E-state index in [1.165, 1.54) is 4.90 Å². The lowest BCUT2D eigenvalue weighted by Crippen LogP contribution is -2.30. The molecule has 2 aliphatic heterocycles. The number of anilines is 1. The minimum absolute atomic E-state index is 0.00429. The molecule has 166 valence electrons. The van der Waals surface area contributed by atoms with E-state index < -0.39 is 17.7 Å². The van der Waals surface area contributed by atoms with Crippen molar-refractivity contribution in [2.24, 2.45) is 0 Å². The van der Waals surface area contributed by atoms with Gasteiger partial charge in [0.25, 0.3) is 11.7 Å². The number of aryl methyl sites for hydroxylation is 1. The number of carbonyl (C=O) groups is 2. The second-order valence-corrected chi connectivity index (χ2v) is 7.80. The number of hydrogen-bond acceptors (Lipinski definition) is 6. The van der Waals surface area contributed by atoms with Gasteiger partial charge in [0.1, 0.15) is 11.5 Å². The summed E-state index contributed by atoms with van der Waals surface area (Å²) in [6.07, 6.45) is 0. The number of nitrogens with zero attached hydrogens (tertiary/aromatic N) is 1. The fourth-order valence-electron chi connectivity index (χ4n) is 4.24. The highest BCUT2D eigenvalue weighted by molar-refractivity contribution is 6.51. The molecule has 0 saturated carbocycles. The van der Waals surface area contributed by atoms with Gasteiger partial charge in [0.05, 0.1) is 18.7 Å². The van der Waals surface area contributed by atoms with E-state index in [9.17, 15) is 14.7 Å². The predicted molar refractivity (Wildman–Crippen MR) is 122 cm³/mol. The van der Waals surface area contributed by atoms with Crippen molar-refractivity contribution in [3.63, 3.8) is 0 Å². The normalized spacial score (nSPS) is 18.6. The number of carbonyl (C=O) groups excluding carboxylic acids is 2. The molecule has 0 bridgehead atoms. The number of methoxy groups -OCH3 is 1. The molecule has 0 spiro atoms. The molecule has 1 fully saturated rings. The largest absolute Gasteiger partial charge is 0.507 e. The van der Waals surface area contributed by atoms with Crippen LogP contribution < -0.4 is 19.1 Å². The second kappa shape index (κ2) is 8.02. The number of aliphatic hydroxyl groups excluding tert-OH is 1. The van der Waals surface area contributed by atoms with Gasteiger partial charge in [0.15, 0.2) is 11.5 Å². The number of benzene rings is 3. The molecule has 1 amide bonds. The van der Waals surface area contributed by atoms with Crippen molar-refractivity contribution in [3.8, 4) is 17.2 Å². The Bertz CT molecular complexity index is 1310. The smallest absolute Gasteiger partial charge is 0.300 e. The van der Waals surface area contributed by atoms with Crippen molar-refractivity contribution in [1.82, 2.24) is 0 Å². The van der Waals surface area contributed by atoms with E-state index in [1.807, 2.05) is 25.1 Å². The minimum atomic E-state index is -0.841. The van der Waals surface area contributed by atoms with Crippen LogP contribution in [0.1, 0.15) is 22.7 Å². The average Bonchev–Trinajstić information content (AvgIpc) is 3.41. The highest BCUT2D eigenvalue weighted by Crippen LogP contribution is 2.44. The molecule has 33 heavy (non-hydrogen) atoms. The van der Waals surface area contributed by atoms with E-state index in [2.05, 4.69) is 0 Å². The SMILES string of the molecule is COc1cccc(C2/C(=C(/O)c3ccc4c(c3)OCO4)C(=O)C(=O)N2c2ccccc2C)c1. The van der Waals surface area contributed by atoms with Crippen LogP contribution in [0.4, 0.5) is 5.69 Å². The van der Waals surface area contributed by atoms with Crippen molar-refractivity contribution >= 4 is 23.1 Å². The summed E-state index contributed by atoms with van der Waals surface area (Å²) in [6.45, 7) is 1.95. The molecular formula is C26H21NO6. The first kappa shape index (κ1) is 20.6. The van der Waals surface area contributed by atoms with Crippen LogP contribution in [-0.4, -0.2) is 30.7 Å². The van der Waals surface area contributed by atoms with E-state index in [4.69, 9.17) is 14.2 Å². The van der Waals surface area contributed by atoms with Gasteiger partial charge in [-0.2, -0.15) is 0 Å². The Balaban J connectivity index is 1.73. The molecule has 7 nitrogen and oxygen atoms in total. The topological polar surface area (TPSA) is 85.3 Å². The summed E-state index contributed by atoms with van der Waals surface area (Å²) < 4.78 is 16.1. The lowest BCUT2D eigenvalue weighted by atomic mass is 9.94. The third kappa shape index (κ3) is 3.38. The van der Waals surface area contributed by atoms with Gasteiger partial charge in [-0.05, 0) is 54.4 Å². The lowest BCUT2D eigenvalue weighted by Gasteiger charge is -2.27. The summed E-state index contributed by atoms with van der Waals surface area (Å²) in [5, 5.41) is 11.3. The van der Waals surface area contributed by atoms with E-state index in [-0.39, 0.29) is 18.1 Å². The molecule has 7 heteroatoms. The summed E-state index contributed by atoms with van der Waals surface area (Å²) in [6, 6.07) is 18.5. The van der Waals surface area contributed by atoms with Gasteiger partial charge in [-0.1, -0.05) is 30.3 Å². The van der Waals surface area contributed by atoms with Gasteiger partial charge in [-0.25, -0.2) is 0 Å². The fraction of sp³-hybridized carbons (Fsp3) is 0.154. The number of Topliss-reactive ketones (excluding diaryl/α,β-unsaturated/α-hetero) is 1. The van der Waals surface area contributed by atoms with E-state index >= 15 is 0 Å². The van der Waals surface area contributed by atoms with Crippen molar-refractivity contribution in [3.05, 3.63) is 89.0 Å². The minimum Gasteiger partial charge on any atom is -0.507 e. The lowest BCUT2D eigenvalue weighted by molar-refractivity contribution is -0.132. The number of fused-ring (bicyclic) bond motifs is 1. The van der Waals surface area contributed by atoms with Crippen LogP contribution >= 0.6 is 0 Å². The maximum atomic E-state index is 13.3. The summed E-state index contributed by atoms with van der Waals surface area (Å²) in [7, 11) is 1.55. The zero-order valence-corrected chi connectivity index (χ0v) is 18.1. The van der Waals surface area contributed by atoms with Crippen LogP contribution in [0.25, 0.3) is 5.76 Å². The summed E-state index contributed by atoms with van der Waals surface area (Å²) in [5.41, 5.74) is 2.41. The van der Waals surface area contributed by atoms with Gasteiger partial charge in [-0.15, -0.1) is 0 Å². The Morgan fingerprint density at radius 1 is 1.00 bits per heavy atom. The van der Waals surface area contributed by atoms with Gasteiger partial charge in [0.2, 0.25) is 6.79 Å². The molecule has 1 N–H and O–H groups in total. The standard InChI is InChI=1S/C26H21NO6/c1-15-6-3-4-9-19(15)27-23(16-7-5-8-18(12-16)31-2)22(25(29)26(27)30)24(28)17-10-11-20-21(13-17)33-14-32-20/h3-13,23,28H,14H2,1-2H3/b24-22-. The van der Waals surface area contributed by atoms with Crippen molar-refractivity contribution < 1.29 is 28.9 Å². The molecule has 1 unspecified atom stereocenters. The van der Waals surface area contributed by atoms with Gasteiger partial charge in [-0.3, -0.25) is 14.5 Å². The Labute approximate surface area is 190 Å². The first-order valence-corrected chi connectivity index (χ1v) is 10.4. The monoisotopic (exact) mass is 443 g/mol. The summed E-state index contributed by atoms with van der Waals surface area (Å²) in [4.78, 5) is 28.0. The number of para-hydroxylation sites is 1. The highest BCUT2D eigenvalue weighted by Gasteiger charge is 2.47. The molecular weight excluding hydrogens is 422 g/mol. The maximum absolute atomic E-state index is 13.3. The Hall–Kier alpha value is -4.26. The van der Waals surface area contributed by atoms with Gasteiger partial charge in [0, 0.05) is 11.3 Å². The number of ketones is 1. The third-order valence-corrected chi connectivity index (χ3v) is 5.87. The quantitative estimate of drug-likeness (QED) is 0.366. The van der Waals surface area contributed by atoms with Crippen LogP contribution in [0.15, 0.2) is 72.3 Å². The van der Waals surface area contributed by atoms with Crippen molar-refractivity contribution in [2.45, 2.75) is 13.0 Å². The maximum Gasteiger partial charge on any atom is 0.300 e. The first-order chi connectivity index (χ1) is 16.0. The molecule has 0 radical (unpaired) electrons. The number of aliphatic hydroxyl groups is 1. The zero-order valence-electron chi connectivity index (χ0n) is 18.1. The molecule has 2 aliphatic rings. The molecule has 3 aromatic rings. The number of rotatable bonds is 4. The van der Waals surface area contributed by atoms with Crippen LogP contribution in [0, 0.1) is 6.92 Å². The molecule has 1 atom stereocenters. The molecule has 3 aromatic carbocycles. The first-order valence-electron chi connectivity index (χ1n) is 10.4. The molecule has 0 aliphatic carbocycles. The Morgan fingerprint density at radius 3 is 2.58 bits per heavy atom. The zero-order chi connectivity index (χ0) is 23.1. The summed E-state index contributed by atoms with van der Waals surface area (Å²) >= 11 is 0. The molecule has 2 heterocycles. The molecule has 5 rings (SSSR count). The molecule has 1 saturated heterocycles. The number of hydrogen-bond donors (Lipinski definition) is 1. The molecule has 0 aromatic heterocycles. The van der Waals surface area contributed by atoms with Crippen LogP contribution in [-0.2, 0) is 9.59 Å².